The van der Waals surface area contributed by atoms with Crippen molar-refractivity contribution in [2.24, 2.45) is 5.92 Å². The molecule has 2 saturated heterocycles. The van der Waals surface area contributed by atoms with Crippen molar-refractivity contribution < 1.29 is 37.1 Å². The lowest BCUT2D eigenvalue weighted by Crippen LogP contribution is -2.42. The van der Waals surface area contributed by atoms with Gasteiger partial charge in [-0.05, 0) is 31.4 Å². The van der Waals surface area contributed by atoms with Gasteiger partial charge in [0, 0.05) is 31.5 Å². The molecule has 4 heterocycles. The van der Waals surface area contributed by atoms with Crippen LogP contribution in [0.1, 0.15) is 42.3 Å². The summed E-state index contributed by atoms with van der Waals surface area (Å²) in [5, 5.41) is 17.6. The van der Waals surface area contributed by atoms with Crippen LogP contribution in [-0.2, 0) is 14.4 Å². The average molecular weight is 481 g/mol. The number of halogens is 3. The minimum Gasteiger partial charge on any atom is -0.475 e. The zero-order chi connectivity index (χ0) is 24.9. The van der Waals surface area contributed by atoms with E-state index in [2.05, 4.69) is 14.9 Å². The Morgan fingerprint density at radius 3 is 2.44 bits per heavy atom. The van der Waals surface area contributed by atoms with Gasteiger partial charge in [0.05, 0.1) is 12.9 Å². The van der Waals surface area contributed by atoms with Gasteiger partial charge in [0.25, 0.3) is 0 Å². The van der Waals surface area contributed by atoms with Gasteiger partial charge in [0.1, 0.15) is 35.7 Å². The Morgan fingerprint density at radius 2 is 1.88 bits per heavy atom. The molecule has 0 radical (unpaired) electrons. The number of alkyl halides is 3. The molecule has 0 aliphatic carbocycles. The lowest BCUT2D eigenvalue weighted by Gasteiger charge is -2.34. The Hall–Kier alpha value is -3.66. The topological polar surface area (TPSA) is 133 Å². The van der Waals surface area contributed by atoms with Gasteiger partial charge in [-0.3, -0.25) is 9.63 Å². The predicted octanol–water partition coefficient (Wildman–Crippen LogP) is 3.00. The number of piperidine rings is 1. The highest BCUT2D eigenvalue weighted by Crippen LogP contribution is 2.34. The van der Waals surface area contributed by atoms with Crippen molar-refractivity contribution in [1.29, 1.82) is 5.26 Å². The number of carboxylic acids is 1. The molecular weight excluding hydrogens is 459 g/mol. The highest BCUT2D eigenvalue weighted by Gasteiger charge is 2.39. The van der Waals surface area contributed by atoms with E-state index in [9.17, 15) is 18.0 Å². The van der Waals surface area contributed by atoms with Crippen LogP contribution in [0.4, 0.5) is 19.0 Å². The Kier molecular flexibility index (Phi) is 7.72. The number of hydroxylamine groups is 2. The summed E-state index contributed by atoms with van der Waals surface area (Å²) in [7, 11) is 0. The van der Waals surface area contributed by atoms with Gasteiger partial charge in [-0.15, -0.1) is 0 Å². The van der Waals surface area contributed by atoms with Crippen LogP contribution in [0.3, 0.4) is 0 Å². The van der Waals surface area contributed by atoms with Gasteiger partial charge in [0.2, 0.25) is 5.91 Å². The highest BCUT2D eigenvalue weighted by molar-refractivity contribution is 5.78. The smallest absolute Gasteiger partial charge is 0.475 e. The molecule has 13 heteroatoms. The van der Waals surface area contributed by atoms with Gasteiger partial charge in [-0.2, -0.15) is 18.4 Å². The fraction of sp³-hybridized carbons (Fsp3) is 0.476. The number of rotatable bonds is 3. The van der Waals surface area contributed by atoms with Crippen LogP contribution >= 0.6 is 0 Å². The van der Waals surface area contributed by atoms with E-state index in [-0.39, 0.29) is 17.9 Å². The minimum atomic E-state index is -5.08. The first kappa shape index (κ1) is 25.0. The van der Waals surface area contributed by atoms with Crippen LogP contribution in [-0.4, -0.2) is 57.9 Å². The fourth-order valence-corrected chi connectivity index (χ4v) is 3.69. The molecule has 1 amide bonds. The van der Waals surface area contributed by atoms with Gasteiger partial charge in [-0.25, -0.2) is 19.8 Å². The van der Waals surface area contributed by atoms with Crippen LogP contribution in [0.5, 0.6) is 0 Å². The van der Waals surface area contributed by atoms with Crippen LogP contribution in [0.15, 0.2) is 29.1 Å². The van der Waals surface area contributed by atoms with Crippen molar-refractivity contribution >= 4 is 17.7 Å². The zero-order valence-corrected chi connectivity index (χ0v) is 18.2. The SMILES string of the molecule is Cc1coc([C@@H]2CCON2C(=O)C2CCN(c3cc(C#N)ncn3)CC2)c1.O=C(O)C(F)(F)F. The number of aromatic nitrogens is 2. The number of aliphatic carboxylic acids is 1. The lowest BCUT2D eigenvalue weighted by molar-refractivity contribution is -0.192. The maximum Gasteiger partial charge on any atom is 0.490 e. The highest BCUT2D eigenvalue weighted by atomic mass is 19.4. The number of carbonyl (C=O) groups is 2. The van der Waals surface area contributed by atoms with Crippen LogP contribution in [0.25, 0.3) is 0 Å². The normalized spacial score (nSPS) is 18.7. The Labute approximate surface area is 192 Å². The molecule has 0 aromatic carbocycles. The van der Waals surface area contributed by atoms with E-state index >= 15 is 0 Å². The largest absolute Gasteiger partial charge is 0.490 e. The number of carboxylic acid groups (broad SMARTS) is 1. The molecule has 4 rings (SSSR count). The standard InChI is InChI=1S/C19H21N5O3.C2HF3O2/c1-13-8-17(26-11-13)16-4-7-27-24(16)19(25)14-2-5-23(6-3-14)18-9-15(10-20)21-12-22-18;3-2(4,5)1(6)7/h8-9,11-12,14,16H,2-7H2,1H3;(H,6,7)/t16-;/m0./s1. The molecule has 1 N–H and O–H groups in total. The summed E-state index contributed by atoms with van der Waals surface area (Å²) < 4.78 is 37.3. The van der Waals surface area contributed by atoms with E-state index in [1.807, 2.05) is 19.1 Å². The van der Waals surface area contributed by atoms with Crippen LogP contribution in [0.2, 0.25) is 0 Å². The maximum atomic E-state index is 13.0. The number of nitrogens with zero attached hydrogens (tertiary/aromatic N) is 5. The van der Waals surface area contributed by atoms with E-state index < -0.39 is 12.1 Å². The summed E-state index contributed by atoms with van der Waals surface area (Å²) in [6.07, 6.45) is 0.198. The first-order valence-electron chi connectivity index (χ1n) is 10.4. The van der Waals surface area contributed by atoms with Crippen molar-refractivity contribution in [2.45, 2.75) is 38.4 Å². The van der Waals surface area contributed by atoms with Crippen molar-refractivity contribution in [2.75, 3.05) is 24.6 Å². The van der Waals surface area contributed by atoms with E-state index in [1.54, 1.807) is 12.3 Å². The molecule has 2 aromatic heterocycles. The van der Waals surface area contributed by atoms with Crippen molar-refractivity contribution in [3.8, 4) is 6.07 Å². The molecule has 2 aliphatic rings. The third-order valence-corrected chi connectivity index (χ3v) is 5.38. The van der Waals surface area contributed by atoms with Crippen molar-refractivity contribution in [1.82, 2.24) is 15.0 Å². The molecule has 34 heavy (non-hydrogen) atoms. The van der Waals surface area contributed by atoms with Gasteiger partial charge in [-0.1, -0.05) is 0 Å². The minimum absolute atomic E-state index is 0.0200. The summed E-state index contributed by atoms with van der Waals surface area (Å²) >= 11 is 0. The summed E-state index contributed by atoms with van der Waals surface area (Å²) in [6, 6.07) is 5.52. The number of carbonyl (C=O) groups excluding carboxylic acids is 1. The van der Waals surface area contributed by atoms with E-state index in [0.717, 1.165) is 23.6 Å². The zero-order valence-electron chi connectivity index (χ0n) is 18.2. The quantitative estimate of drug-likeness (QED) is 0.702. The maximum absolute atomic E-state index is 13.0. The van der Waals surface area contributed by atoms with Crippen LogP contribution in [0, 0.1) is 24.2 Å². The Morgan fingerprint density at radius 1 is 1.21 bits per heavy atom. The number of furan rings is 1. The predicted molar refractivity (Wildman–Crippen MR) is 109 cm³/mol. The number of aryl methyl sites for hydroxylation is 1. The number of anilines is 1. The molecule has 2 aliphatic heterocycles. The second-order valence-electron chi connectivity index (χ2n) is 7.77. The van der Waals surface area contributed by atoms with Gasteiger partial charge < -0.3 is 14.4 Å². The summed E-state index contributed by atoms with van der Waals surface area (Å²) in [6.45, 7) is 3.90. The van der Waals surface area contributed by atoms with E-state index in [0.29, 0.717) is 38.2 Å². The van der Waals surface area contributed by atoms with Gasteiger partial charge >= 0.3 is 12.1 Å². The molecule has 0 saturated carbocycles. The monoisotopic (exact) mass is 481 g/mol. The lowest BCUT2D eigenvalue weighted by atomic mass is 9.95. The summed E-state index contributed by atoms with van der Waals surface area (Å²) in [4.78, 5) is 37.8. The first-order valence-corrected chi connectivity index (χ1v) is 10.4. The number of amides is 1. The molecule has 1 atom stereocenters. The molecule has 10 nitrogen and oxygen atoms in total. The summed E-state index contributed by atoms with van der Waals surface area (Å²) in [5.41, 5.74) is 1.39. The fourth-order valence-electron chi connectivity index (χ4n) is 3.69. The molecular formula is C21H22F3N5O5. The Bertz CT molecular complexity index is 1060. The average Bonchev–Trinajstić information content (AvgIpc) is 3.47. The second-order valence-corrected chi connectivity index (χ2v) is 7.77. The van der Waals surface area contributed by atoms with Crippen molar-refractivity contribution in [3.63, 3.8) is 0 Å². The number of hydrogen-bond donors (Lipinski definition) is 1. The third kappa shape index (κ3) is 6.02. The number of hydrogen-bond acceptors (Lipinski definition) is 8. The van der Waals surface area contributed by atoms with Crippen LogP contribution < -0.4 is 4.90 Å². The molecule has 0 spiro atoms. The van der Waals surface area contributed by atoms with Gasteiger partial charge in [0.15, 0.2) is 0 Å². The second kappa shape index (κ2) is 10.5. The molecule has 2 aromatic rings. The Balaban J connectivity index is 0.000000406. The first-order chi connectivity index (χ1) is 16.1. The molecule has 2 fully saturated rings. The third-order valence-electron chi connectivity index (χ3n) is 5.38. The molecule has 0 unspecified atom stereocenters. The molecule has 182 valence electrons. The summed E-state index contributed by atoms with van der Waals surface area (Å²) in [5.74, 6) is -1.32. The van der Waals surface area contributed by atoms with Crippen molar-refractivity contribution in [3.05, 3.63) is 41.7 Å². The van der Waals surface area contributed by atoms with E-state index in [1.165, 1.54) is 11.4 Å². The van der Waals surface area contributed by atoms with E-state index in [4.69, 9.17) is 24.4 Å². The number of nitriles is 1. The molecule has 0 bridgehead atoms.